The van der Waals surface area contributed by atoms with E-state index in [1.54, 1.807) is 6.92 Å². The van der Waals surface area contributed by atoms with Gasteiger partial charge in [0.2, 0.25) is 0 Å². The maximum Gasteiger partial charge on any atom is 0.149 e. The number of terminal acetylenes is 1. The minimum absolute atomic E-state index is 0.0998. The van der Waals surface area contributed by atoms with Gasteiger partial charge in [-0.05, 0) is 20.8 Å². The Balaban J connectivity index is 3.90. The molecule has 0 aromatic heterocycles. The predicted molar refractivity (Wildman–Crippen MR) is 41.6 cm³/mol. The smallest absolute Gasteiger partial charge is 0.149 e. The normalized spacial score (nSPS) is 10.6. The summed E-state index contributed by atoms with van der Waals surface area (Å²) >= 11 is 0. The van der Waals surface area contributed by atoms with E-state index in [0.717, 1.165) is 0 Å². The predicted octanol–water partition coefficient (Wildman–Crippen LogP) is 0.577. The fourth-order valence-electron chi connectivity index (χ4n) is 0.396. The highest BCUT2D eigenvalue weighted by atomic mass is 16.1. The summed E-state index contributed by atoms with van der Waals surface area (Å²) < 4.78 is 0. The first-order chi connectivity index (χ1) is 4.50. The Bertz CT molecular complexity index is 165. The van der Waals surface area contributed by atoms with E-state index in [1.807, 2.05) is 13.8 Å². The molecule has 0 aromatic carbocycles. The quantitative estimate of drug-likeness (QED) is 0.579. The van der Waals surface area contributed by atoms with E-state index < -0.39 is 5.54 Å². The SMILES string of the molecule is C#CCNC(C)(C)C(C)=O. The van der Waals surface area contributed by atoms with Crippen molar-refractivity contribution in [2.45, 2.75) is 26.3 Å². The van der Waals surface area contributed by atoms with Crippen LogP contribution >= 0.6 is 0 Å². The first-order valence-electron chi connectivity index (χ1n) is 3.20. The summed E-state index contributed by atoms with van der Waals surface area (Å²) in [5, 5.41) is 2.92. The van der Waals surface area contributed by atoms with Crippen LogP contribution in [-0.2, 0) is 4.79 Å². The number of hydrogen-bond donors (Lipinski definition) is 1. The van der Waals surface area contributed by atoms with Crippen LogP contribution in [0, 0.1) is 12.3 Å². The zero-order chi connectivity index (χ0) is 8.20. The molecular formula is C8H13NO. The van der Waals surface area contributed by atoms with Crippen LogP contribution in [0.2, 0.25) is 0 Å². The van der Waals surface area contributed by atoms with E-state index >= 15 is 0 Å². The van der Waals surface area contributed by atoms with Gasteiger partial charge in [-0.2, -0.15) is 0 Å². The summed E-state index contributed by atoms with van der Waals surface area (Å²) in [4.78, 5) is 10.8. The molecule has 0 aliphatic rings. The highest BCUT2D eigenvalue weighted by Crippen LogP contribution is 2.01. The molecule has 56 valence electrons. The van der Waals surface area contributed by atoms with Crippen LogP contribution in [0.25, 0.3) is 0 Å². The molecule has 0 radical (unpaired) electrons. The van der Waals surface area contributed by atoms with Crippen molar-refractivity contribution in [1.29, 1.82) is 0 Å². The fourth-order valence-corrected chi connectivity index (χ4v) is 0.396. The largest absolute Gasteiger partial charge is 0.298 e. The van der Waals surface area contributed by atoms with Crippen LogP contribution in [-0.4, -0.2) is 17.9 Å². The van der Waals surface area contributed by atoms with Gasteiger partial charge >= 0.3 is 0 Å². The Morgan fingerprint density at radius 2 is 2.20 bits per heavy atom. The Morgan fingerprint density at radius 1 is 1.70 bits per heavy atom. The molecule has 0 saturated heterocycles. The van der Waals surface area contributed by atoms with Crippen LogP contribution in [0.1, 0.15) is 20.8 Å². The summed E-state index contributed by atoms with van der Waals surface area (Å²) in [6, 6.07) is 0. The number of Topliss-reactive ketones (excluding diaryl/α,β-unsaturated/α-hetero) is 1. The molecule has 2 heteroatoms. The van der Waals surface area contributed by atoms with Gasteiger partial charge in [-0.3, -0.25) is 10.1 Å². The first-order valence-corrected chi connectivity index (χ1v) is 3.20. The summed E-state index contributed by atoms with van der Waals surface area (Å²) in [6.07, 6.45) is 5.01. The Morgan fingerprint density at radius 3 is 2.50 bits per heavy atom. The molecule has 0 aliphatic carbocycles. The third kappa shape index (κ3) is 2.65. The maximum atomic E-state index is 10.8. The Labute approximate surface area is 62.0 Å². The molecule has 0 saturated carbocycles. The Hall–Kier alpha value is -0.810. The lowest BCUT2D eigenvalue weighted by Crippen LogP contribution is -2.45. The molecule has 1 N–H and O–H groups in total. The molecule has 0 bridgehead atoms. The number of carbonyl (C=O) groups is 1. The van der Waals surface area contributed by atoms with Gasteiger partial charge in [-0.25, -0.2) is 0 Å². The third-order valence-electron chi connectivity index (χ3n) is 1.51. The summed E-state index contributed by atoms with van der Waals surface area (Å²) in [5.74, 6) is 2.52. The van der Waals surface area contributed by atoms with Gasteiger partial charge in [0.25, 0.3) is 0 Å². The molecule has 0 unspecified atom stereocenters. The monoisotopic (exact) mass is 139 g/mol. The highest BCUT2D eigenvalue weighted by molar-refractivity contribution is 5.85. The van der Waals surface area contributed by atoms with E-state index in [9.17, 15) is 4.79 Å². The van der Waals surface area contributed by atoms with Crippen molar-refractivity contribution >= 4 is 5.78 Å². The number of carbonyl (C=O) groups excluding carboxylic acids is 1. The molecule has 0 amide bonds. The molecule has 0 rings (SSSR count). The number of hydrogen-bond acceptors (Lipinski definition) is 2. The molecular weight excluding hydrogens is 126 g/mol. The van der Waals surface area contributed by atoms with E-state index in [1.165, 1.54) is 0 Å². The molecule has 0 heterocycles. The van der Waals surface area contributed by atoms with Crippen LogP contribution in [0.5, 0.6) is 0 Å². The van der Waals surface area contributed by atoms with Crippen molar-refractivity contribution in [2.75, 3.05) is 6.54 Å². The van der Waals surface area contributed by atoms with Gasteiger partial charge in [-0.15, -0.1) is 6.42 Å². The molecule has 0 aliphatic heterocycles. The summed E-state index contributed by atoms with van der Waals surface area (Å²) in [6.45, 7) is 5.61. The van der Waals surface area contributed by atoms with Gasteiger partial charge in [-0.1, -0.05) is 5.92 Å². The van der Waals surface area contributed by atoms with Crippen LogP contribution in [0.4, 0.5) is 0 Å². The van der Waals surface area contributed by atoms with Crippen molar-refractivity contribution in [3.05, 3.63) is 0 Å². The lowest BCUT2D eigenvalue weighted by atomic mass is 10.0. The minimum atomic E-state index is -0.480. The van der Waals surface area contributed by atoms with E-state index in [4.69, 9.17) is 6.42 Å². The second-order valence-electron chi connectivity index (χ2n) is 2.74. The average Bonchev–Trinajstić information content (AvgIpc) is 1.84. The van der Waals surface area contributed by atoms with Crippen LogP contribution in [0.3, 0.4) is 0 Å². The number of nitrogens with one attached hydrogen (secondary N) is 1. The van der Waals surface area contributed by atoms with E-state index in [-0.39, 0.29) is 5.78 Å². The van der Waals surface area contributed by atoms with Crippen molar-refractivity contribution in [2.24, 2.45) is 0 Å². The molecule has 0 spiro atoms. The van der Waals surface area contributed by atoms with Gasteiger partial charge < -0.3 is 0 Å². The maximum absolute atomic E-state index is 10.8. The van der Waals surface area contributed by atoms with Gasteiger partial charge in [0.15, 0.2) is 0 Å². The standard InChI is InChI=1S/C8H13NO/c1-5-6-9-8(3,4)7(2)10/h1,9H,6H2,2-4H3. The number of rotatable bonds is 3. The Kier molecular flexibility index (Phi) is 3.11. The summed E-state index contributed by atoms with van der Waals surface area (Å²) in [5.41, 5.74) is -0.480. The average molecular weight is 139 g/mol. The van der Waals surface area contributed by atoms with Crippen LogP contribution < -0.4 is 5.32 Å². The van der Waals surface area contributed by atoms with Crippen molar-refractivity contribution in [3.8, 4) is 12.3 Å². The molecule has 0 aromatic rings. The van der Waals surface area contributed by atoms with Crippen LogP contribution in [0.15, 0.2) is 0 Å². The zero-order valence-electron chi connectivity index (χ0n) is 6.69. The number of ketones is 1. The zero-order valence-corrected chi connectivity index (χ0v) is 6.69. The topological polar surface area (TPSA) is 29.1 Å². The second kappa shape index (κ2) is 3.38. The van der Waals surface area contributed by atoms with Gasteiger partial charge in [0.05, 0.1) is 12.1 Å². The van der Waals surface area contributed by atoms with Gasteiger partial charge in [0, 0.05) is 0 Å². The van der Waals surface area contributed by atoms with Gasteiger partial charge in [0.1, 0.15) is 5.78 Å². The lowest BCUT2D eigenvalue weighted by Gasteiger charge is -2.21. The highest BCUT2D eigenvalue weighted by Gasteiger charge is 2.21. The first kappa shape index (κ1) is 9.19. The molecule has 2 nitrogen and oxygen atoms in total. The molecule has 0 fully saturated rings. The molecule has 0 atom stereocenters. The summed E-state index contributed by atoms with van der Waals surface area (Å²) in [7, 11) is 0. The van der Waals surface area contributed by atoms with E-state index in [0.29, 0.717) is 6.54 Å². The second-order valence-corrected chi connectivity index (χ2v) is 2.74. The lowest BCUT2D eigenvalue weighted by molar-refractivity contribution is -0.122. The third-order valence-corrected chi connectivity index (χ3v) is 1.51. The fraction of sp³-hybridized carbons (Fsp3) is 0.625. The molecule has 10 heavy (non-hydrogen) atoms. The van der Waals surface area contributed by atoms with Crippen molar-refractivity contribution in [3.63, 3.8) is 0 Å². The minimum Gasteiger partial charge on any atom is -0.298 e. The van der Waals surface area contributed by atoms with Crippen molar-refractivity contribution in [1.82, 2.24) is 5.32 Å². The van der Waals surface area contributed by atoms with Crippen molar-refractivity contribution < 1.29 is 4.79 Å². The van der Waals surface area contributed by atoms with E-state index in [2.05, 4.69) is 11.2 Å².